The fourth-order valence-corrected chi connectivity index (χ4v) is 2.33. The highest BCUT2D eigenvalue weighted by atomic mass is 16.5. The standard InChI is InChI=1S/C10H21NO2/c1-8(6-12-3)10(7-11)4-5-13-9(10)2/h8-9H,4-7,11H2,1-3H3. The summed E-state index contributed by atoms with van der Waals surface area (Å²) < 4.78 is 10.8. The van der Waals surface area contributed by atoms with Crippen molar-refractivity contribution in [1.82, 2.24) is 0 Å². The lowest BCUT2D eigenvalue weighted by Gasteiger charge is -2.36. The highest BCUT2D eigenvalue weighted by Gasteiger charge is 2.44. The van der Waals surface area contributed by atoms with E-state index in [9.17, 15) is 0 Å². The Morgan fingerprint density at radius 3 is 2.77 bits per heavy atom. The van der Waals surface area contributed by atoms with Crippen LogP contribution in [0.4, 0.5) is 0 Å². The molecule has 0 aromatic rings. The van der Waals surface area contributed by atoms with Gasteiger partial charge in [-0.05, 0) is 19.3 Å². The summed E-state index contributed by atoms with van der Waals surface area (Å²) in [7, 11) is 1.74. The second kappa shape index (κ2) is 4.40. The van der Waals surface area contributed by atoms with Gasteiger partial charge in [0.25, 0.3) is 0 Å². The van der Waals surface area contributed by atoms with Crippen LogP contribution in [0.25, 0.3) is 0 Å². The molecule has 0 radical (unpaired) electrons. The lowest BCUT2D eigenvalue weighted by molar-refractivity contribution is 0.00938. The summed E-state index contributed by atoms with van der Waals surface area (Å²) in [6.07, 6.45) is 1.33. The quantitative estimate of drug-likeness (QED) is 0.714. The topological polar surface area (TPSA) is 44.5 Å². The van der Waals surface area contributed by atoms with Gasteiger partial charge in [0.1, 0.15) is 0 Å². The van der Waals surface area contributed by atoms with Gasteiger partial charge >= 0.3 is 0 Å². The van der Waals surface area contributed by atoms with Gasteiger partial charge in [0.2, 0.25) is 0 Å². The molecule has 0 aliphatic carbocycles. The van der Waals surface area contributed by atoms with Crippen LogP contribution in [-0.4, -0.2) is 33.0 Å². The molecule has 13 heavy (non-hydrogen) atoms. The van der Waals surface area contributed by atoms with E-state index in [4.69, 9.17) is 15.2 Å². The molecule has 0 aromatic carbocycles. The maximum atomic E-state index is 5.85. The Morgan fingerprint density at radius 2 is 2.38 bits per heavy atom. The Bertz CT molecular complexity index is 163. The van der Waals surface area contributed by atoms with Crippen molar-refractivity contribution in [2.75, 3.05) is 26.9 Å². The van der Waals surface area contributed by atoms with Crippen molar-refractivity contribution in [2.24, 2.45) is 17.1 Å². The largest absolute Gasteiger partial charge is 0.384 e. The van der Waals surface area contributed by atoms with Crippen molar-refractivity contribution in [1.29, 1.82) is 0 Å². The molecule has 3 unspecified atom stereocenters. The summed E-state index contributed by atoms with van der Waals surface area (Å²) in [6.45, 7) is 6.61. The predicted molar refractivity (Wildman–Crippen MR) is 52.6 cm³/mol. The Balaban J connectivity index is 2.67. The van der Waals surface area contributed by atoms with E-state index in [1.54, 1.807) is 7.11 Å². The summed E-state index contributed by atoms with van der Waals surface area (Å²) in [5.74, 6) is 0.472. The highest BCUT2D eigenvalue weighted by molar-refractivity contribution is 4.94. The molecule has 1 fully saturated rings. The maximum absolute atomic E-state index is 5.85. The highest BCUT2D eigenvalue weighted by Crippen LogP contribution is 2.40. The Labute approximate surface area is 80.6 Å². The van der Waals surface area contributed by atoms with Gasteiger partial charge in [-0.2, -0.15) is 0 Å². The average Bonchev–Trinajstić information content (AvgIpc) is 2.48. The molecular formula is C10H21NO2. The van der Waals surface area contributed by atoms with E-state index in [0.29, 0.717) is 12.5 Å². The Kier molecular flexibility index (Phi) is 3.71. The van der Waals surface area contributed by atoms with Crippen LogP contribution in [0.15, 0.2) is 0 Å². The molecule has 78 valence electrons. The lowest BCUT2D eigenvalue weighted by atomic mass is 9.72. The second-order valence-corrected chi connectivity index (χ2v) is 4.06. The van der Waals surface area contributed by atoms with Crippen LogP contribution in [0.1, 0.15) is 20.3 Å². The SMILES string of the molecule is COCC(C)C1(CN)CCOC1C. The van der Waals surface area contributed by atoms with Gasteiger partial charge in [-0.25, -0.2) is 0 Å². The van der Waals surface area contributed by atoms with Crippen molar-refractivity contribution in [3.63, 3.8) is 0 Å². The molecule has 1 rings (SSSR count). The van der Waals surface area contributed by atoms with Crippen molar-refractivity contribution < 1.29 is 9.47 Å². The van der Waals surface area contributed by atoms with Crippen molar-refractivity contribution >= 4 is 0 Å². The molecule has 0 amide bonds. The van der Waals surface area contributed by atoms with Gasteiger partial charge < -0.3 is 15.2 Å². The third-order valence-electron chi connectivity index (χ3n) is 3.52. The summed E-state index contributed by atoms with van der Waals surface area (Å²) in [4.78, 5) is 0. The fourth-order valence-electron chi connectivity index (χ4n) is 2.33. The smallest absolute Gasteiger partial charge is 0.0619 e. The van der Waals surface area contributed by atoms with Crippen LogP contribution in [0, 0.1) is 11.3 Å². The second-order valence-electron chi connectivity index (χ2n) is 4.06. The number of ether oxygens (including phenoxy) is 2. The maximum Gasteiger partial charge on any atom is 0.0619 e. The monoisotopic (exact) mass is 187 g/mol. The van der Waals surface area contributed by atoms with E-state index in [-0.39, 0.29) is 11.5 Å². The number of methoxy groups -OCH3 is 1. The van der Waals surface area contributed by atoms with E-state index < -0.39 is 0 Å². The van der Waals surface area contributed by atoms with Gasteiger partial charge in [0.15, 0.2) is 0 Å². The number of nitrogens with two attached hydrogens (primary N) is 1. The van der Waals surface area contributed by atoms with Gasteiger partial charge in [-0.15, -0.1) is 0 Å². The van der Waals surface area contributed by atoms with Crippen LogP contribution in [0.3, 0.4) is 0 Å². The molecule has 3 nitrogen and oxygen atoms in total. The van der Waals surface area contributed by atoms with Gasteiger partial charge in [0, 0.05) is 32.3 Å². The third-order valence-corrected chi connectivity index (χ3v) is 3.52. The molecule has 0 aromatic heterocycles. The van der Waals surface area contributed by atoms with Crippen LogP contribution in [0.5, 0.6) is 0 Å². The molecular weight excluding hydrogens is 166 g/mol. The molecule has 0 spiro atoms. The Hall–Kier alpha value is -0.120. The van der Waals surface area contributed by atoms with Crippen molar-refractivity contribution in [2.45, 2.75) is 26.4 Å². The number of hydrogen-bond acceptors (Lipinski definition) is 3. The summed E-state index contributed by atoms with van der Waals surface area (Å²) in [5.41, 5.74) is 5.99. The summed E-state index contributed by atoms with van der Waals surface area (Å²) in [5, 5.41) is 0. The van der Waals surface area contributed by atoms with Gasteiger partial charge in [-0.3, -0.25) is 0 Å². The van der Waals surface area contributed by atoms with Crippen LogP contribution >= 0.6 is 0 Å². The normalized spacial score (nSPS) is 36.5. The van der Waals surface area contributed by atoms with E-state index in [2.05, 4.69) is 13.8 Å². The summed E-state index contributed by atoms with van der Waals surface area (Å²) >= 11 is 0. The first-order valence-corrected chi connectivity index (χ1v) is 4.98. The summed E-state index contributed by atoms with van der Waals surface area (Å²) in [6, 6.07) is 0. The Morgan fingerprint density at radius 1 is 1.69 bits per heavy atom. The molecule has 1 saturated heterocycles. The van der Waals surface area contributed by atoms with E-state index in [1.807, 2.05) is 0 Å². The first-order chi connectivity index (χ1) is 6.17. The van der Waals surface area contributed by atoms with E-state index in [1.165, 1.54) is 0 Å². The molecule has 3 atom stereocenters. The van der Waals surface area contributed by atoms with Crippen LogP contribution in [-0.2, 0) is 9.47 Å². The molecule has 2 N–H and O–H groups in total. The minimum Gasteiger partial charge on any atom is -0.384 e. The molecule has 1 aliphatic heterocycles. The minimum atomic E-state index is 0.135. The van der Waals surface area contributed by atoms with Crippen molar-refractivity contribution in [3.05, 3.63) is 0 Å². The fraction of sp³-hybridized carbons (Fsp3) is 1.00. The van der Waals surface area contributed by atoms with Gasteiger partial charge in [-0.1, -0.05) is 6.92 Å². The zero-order chi connectivity index (χ0) is 9.90. The average molecular weight is 187 g/mol. The molecule has 1 heterocycles. The first-order valence-electron chi connectivity index (χ1n) is 4.98. The predicted octanol–water partition coefficient (Wildman–Crippen LogP) is 1.02. The van der Waals surface area contributed by atoms with Crippen LogP contribution < -0.4 is 5.73 Å². The molecule has 0 saturated carbocycles. The van der Waals surface area contributed by atoms with E-state index in [0.717, 1.165) is 19.6 Å². The van der Waals surface area contributed by atoms with Crippen molar-refractivity contribution in [3.8, 4) is 0 Å². The zero-order valence-electron chi connectivity index (χ0n) is 8.88. The van der Waals surface area contributed by atoms with E-state index >= 15 is 0 Å². The molecule has 3 heteroatoms. The van der Waals surface area contributed by atoms with Crippen LogP contribution in [0.2, 0.25) is 0 Å². The molecule has 1 aliphatic rings. The first kappa shape index (κ1) is 11.0. The minimum absolute atomic E-state index is 0.135. The number of rotatable bonds is 4. The van der Waals surface area contributed by atoms with Gasteiger partial charge in [0.05, 0.1) is 6.10 Å². The lowest BCUT2D eigenvalue weighted by Crippen LogP contribution is -2.43. The molecule has 0 bridgehead atoms. The zero-order valence-corrected chi connectivity index (χ0v) is 8.88. The number of hydrogen-bond donors (Lipinski definition) is 1. The third kappa shape index (κ3) is 1.87.